The highest BCUT2D eigenvalue weighted by molar-refractivity contribution is 5.96. The Hall–Kier alpha value is -3.95. The Morgan fingerprint density at radius 2 is 1.91 bits per heavy atom. The van der Waals surface area contributed by atoms with Crippen molar-refractivity contribution in [1.82, 2.24) is 25.1 Å². The van der Waals surface area contributed by atoms with E-state index in [0.29, 0.717) is 29.5 Å². The lowest BCUT2D eigenvalue weighted by Crippen LogP contribution is -2.48. The summed E-state index contributed by atoms with van der Waals surface area (Å²) in [6.45, 7) is 1.38. The number of hydrogen-bond donors (Lipinski definition) is 3. The Bertz CT molecular complexity index is 1200. The lowest BCUT2D eigenvalue weighted by Gasteiger charge is -2.34. The van der Waals surface area contributed by atoms with Crippen LogP contribution in [0.4, 0.5) is 17.3 Å². The van der Waals surface area contributed by atoms with E-state index < -0.39 is 5.91 Å². The second kappa shape index (κ2) is 9.12. The Labute approximate surface area is 197 Å². The molecule has 3 aromatic rings. The summed E-state index contributed by atoms with van der Waals surface area (Å²) in [5, 5.41) is 10.4. The average molecular weight is 461 g/mol. The van der Waals surface area contributed by atoms with Gasteiger partial charge in [-0.05, 0) is 49.3 Å². The monoisotopic (exact) mass is 460 g/mol. The van der Waals surface area contributed by atoms with E-state index in [1.807, 2.05) is 12.1 Å². The molecule has 0 unspecified atom stereocenters. The van der Waals surface area contributed by atoms with Crippen LogP contribution in [0, 0.1) is 0 Å². The molecule has 0 spiro atoms. The van der Waals surface area contributed by atoms with Gasteiger partial charge in [0.2, 0.25) is 0 Å². The standard InChI is InChI=1S/C24H28N8O2/c1-31-13-19(11-27-31)28-23-21(22(25)33)26-12-20(30-23)32-10-2-3-18(14-32)29-24(34)17-8-6-16(7-9-17)15-4-5-15/h6-9,11-13,15,18H,2-5,10,14H2,1H3,(H2,25,33)(H,28,30)(H,29,34)/t18-/m1/s1. The summed E-state index contributed by atoms with van der Waals surface area (Å²) in [5.41, 5.74) is 8.22. The highest BCUT2D eigenvalue weighted by Crippen LogP contribution is 2.39. The molecule has 10 nitrogen and oxygen atoms in total. The third-order valence-electron chi connectivity index (χ3n) is 6.26. The number of amides is 2. The maximum Gasteiger partial charge on any atom is 0.271 e. The van der Waals surface area contributed by atoms with Crippen molar-refractivity contribution in [1.29, 1.82) is 0 Å². The first-order valence-electron chi connectivity index (χ1n) is 11.5. The lowest BCUT2D eigenvalue weighted by atomic mass is 10.0. The van der Waals surface area contributed by atoms with Crippen molar-refractivity contribution in [3.8, 4) is 0 Å². The van der Waals surface area contributed by atoms with Crippen LogP contribution in [0.25, 0.3) is 0 Å². The average Bonchev–Trinajstić information content (AvgIpc) is 3.61. The van der Waals surface area contributed by atoms with Gasteiger partial charge >= 0.3 is 0 Å². The Morgan fingerprint density at radius 1 is 1.12 bits per heavy atom. The van der Waals surface area contributed by atoms with Gasteiger partial charge in [0.05, 0.1) is 18.1 Å². The maximum atomic E-state index is 12.8. The fraction of sp³-hybridized carbons (Fsp3) is 0.375. The topological polar surface area (TPSA) is 131 Å². The third kappa shape index (κ3) is 4.85. The molecule has 10 heteroatoms. The van der Waals surface area contributed by atoms with Crippen LogP contribution in [-0.2, 0) is 7.05 Å². The number of rotatable bonds is 7. The molecule has 3 heterocycles. The minimum atomic E-state index is -0.665. The van der Waals surface area contributed by atoms with E-state index in [1.54, 1.807) is 30.3 Å². The maximum absolute atomic E-state index is 12.8. The van der Waals surface area contributed by atoms with Crippen molar-refractivity contribution in [2.24, 2.45) is 12.8 Å². The van der Waals surface area contributed by atoms with Gasteiger partial charge in [-0.15, -0.1) is 0 Å². The number of anilines is 3. The number of aromatic nitrogens is 4. The van der Waals surface area contributed by atoms with Crippen LogP contribution in [0.3, 0.4) is 0 Å². The third-order valence-corrected chi connectivity index (χ3v) is 6.26. The molecule has 2 fully saturated rings. The summed E-state index contributed by atoms with van der Waals surface area (Å²) in [6.07, 6.45) is 9.21. The summed E-state index contributed by atoms with van der Waals surface area (Å²) in [5.74, 6) is 0.831. The molecule has 1 aliphatic heterocycles. The molecule has 1 saturated heterocycles. The van der Waals surface area contributed by atoms with Crippen LogP contribution in [0.2, 0.25) is 0 Å². The van der Waals surface area contributed by atoms with Crippen molar-refractivity contribution in [3.05, 3.63) is 59.7 Å². The zero-order valence-corrected chi connectivity index (χ0v) is 19.1. The first-order valence-corrected chi connectivity index (χ1v) is 11.5. The largest absolute Gasteiger partial charge is 0.364 e. The number of nitrogens with zero attached hydrogens (tertiary/aromatic N) is 5. The number of aryl methyl sites for hydroxylation is 1. The molecule has 1 atom stereocenters. The zero-order valence-electron chi connectivity index (χ0n) is 19.1. The highest BCUT2D eigenvalue weighted by Gasteiger charge is 2.26. The normalized spacial score (nSPS) is 17.9. The molecular formula is C24H28N8O2. The zero-order chi connectivity index (χ0) is 23.7. The van der Waals surface area contributed by atoms with Crippen LogP contribution < -0.4 is 21.3 Å². The molecule has 1 aromatic carbocycles. The molecular weight excluding hydrogens is 432 g/mol. The molecule has 2 aliphatic rings. The number of primary amides is 1. The predicted octanol–water partition coefficient (Wildman–Crippen LogP) is 2.33. The molecule has 1 aliphatic carbocycles. The fourth-order valence-electron chi connectivity index (χ4n) is 4.32. The minimum absolute atomic E-state index is 0.0169. The van der Waals surface area contributed by atoms with Crippen LogP contribution in [0.15, 0.2) is 42.9 Å². The van der Waals surface area contributed by atoms with Gasteiger partial charge in [0.15, 0.2) is 11.5 Å². The van der Waals surface area contributed by atoms with Crippen LogP contribution in [0.1, 0.15) is 58.0 Å². The highest BCUT2D eigenvalue weighted by atomic mass is 16.2. The van der Waals surface area contributed by atoms with Crippen LogP contribution in [-0.4, -0.2) is 50.7 Å². The van der Waals surface area contributed by atoms with Crippen molar-refractivity contribution < 1.29 is 9.59 Å². The predicted molar refractivity (Wildman–Crippen MR) is 128 cm³/mol. The summed E-state index contributed by atoms with van der Waals surface area (Å²) in [7, 11) is 1.80. The number of nitrogens with two attached hydrogens (primary N) is 1. The fourth-order valence-corrected chi connectivity index (χ4v) is 4.32. The first kappa shape index (κ1) is 21.9. The van der Waals surface area contributed by atoms with Gasteiger partial charge in [0.1, 0.15) is 5.82 Å². The Balaban J connectivity index is 1.28. The number of carbonyl (C=O) groups is 2. The van der Waals surface area contributed by atoms with Crippen molar-refractivity contribution in [2.45, 2.75) is 37.6 Å². The van der Waals surface area contributed by atoms with Crippen LogP contribution >= 0.6 is 0 Å². The number of hydrogen-bond acceptors (Lipinski definition) is 7. The summed E-state index contributed by atoms with van der Waals surface area (Å²) >= 11 is 0. The quantitative estimate of drug-likeness (QED) is 0.493. The molecule has 2 aromatic heterocycles. The van der Waals surface area contributed by atoms with Gasteiger partial charge < -0.3 is 21.3 Å². The van der Waals surface area contributed by atoms with Crippen molar-refractivity contribution in [2.75, 3.05) is 23.3 Å². The smallest absolute Gasteiger partial charge is 0.271 e. The van der Waals surface area contributed by atoms with E-state index >= 15 is 0 Å². The number of carbonyl (C=O) groups excluding carboxylic acids is 2. The van der Waals surface area contributed by atoms with Crippen LogP contribution in [0.5, 0.6) is 0 Å². The van der Waals surface area contributed by atoms with Crippen molar-refractivity contribution in [3.63, 3.8) is 0 Å². The second-order valence-corrected chi connectivity index (χ2v) is 8.97. The van der Waals surface area contributed by atoms with E-state index in [2.05, 4.69) is 42.7 Å². The lowest BCUT2D eigenvalue weighted by molar-refractivity contribution is 0.0932. The number of nitrogens with one attached hydrogen (secondary N) is 2. The summed E-state index contributed by atoms with van der Waals surface area (Å²) in [4.78, 5) is 35.6. The molecule has 34 heavy (non-hydrogen) atoms. The molecule has 0 bridgehead atoms. The molecule has 0 radical (unpaired) electrons. The SMILES string of the molecule is Cn1cc(Nc2nc(N3CCC[C@@H](NC(=O)c4ccc(C5CC5)cc4)C3)cnc2C(N)=O)cn1. The van der Waals surface area contributed by atoms with Crippen molar-refractivity contribution >= 4 is 29.1 Å². The van der Waals surface area contributed by atoms with E-state index in [9.17, 15) is 9.59 Å². The van der Waals surface area contributed by atoms with Gasteiger partial charge in [0.25, 0.3) is 11.8 Å². The molecule has 176 valence electrons. The van der Waals surface area contributed by atoms with Gasteiger partial charge in [-0.1, -0.05) is 12.1 Å². The van der Waals surface area contributed by atoms with Gasteiger partial charge in [-0.25, -0.2) is 9.97 Å². The van der Waals surface area contributed by atoms with Gasteiger partial charge in [-0.3, -0.25) is 14.3 Å². The molecule has 5 rings (SSSR count). The van der Waals surface area contributed by atoms with E-state index in [4.69, 9.17) is 5.73 Å². The van der Waals surface area contributed by atoms with Gasteiger partial charge in [0, 0.05) is 37.9 Å². The van der Waals surface area contributed by atoms with Gasteiger partial charge in [-0.2, -0.15) is 5.10 Å². The molecule has 4 N–H and O–H groups in total. The molecule has 1 saturated carbocycles. The minimum Gasteiger partial charge on any atom is -0.364 e. The Morgan fingerprint density at radius 3 is 2.59 bits per heavy atom. The number of piperidine rings is 1. The molecule has 2 amide bonds. The van der Waals surface area contributed by atoms with E-state index in [-0.39, 0.29) is 23.5 Å². The number of benzene rings is 1. The first-order chi connectivity index (χ1) is 16.5. The second-order valence-electron chi connectivity index (χ2n) is 8.97. The van der Waals surface area contributed by atoms with E-state index in [0.717, 1.165) is 19.4 Å². The summed E-state index contributed by atoms with van der Waals surface area (Å²) < 4.78 is 1.64. The van der Waals surface area contributed by atoms with E-state index in [1.165, 1.54) is 18.4 Å². The summed E-state index contributed by atoms with van der Waals surface area (Å²) in [6, 6.07) is 7.93. The Kier molecular flexibility index (Phi) is 5.87.